The topological polar surface area (TPSA) is 135 Å². The van der Waals surface area contributed by atoms with Crippen molar-refractivity contribution in [3.63, 3.8) is 0 Å². The second kappa shape index (κ2) is 17.6. The number of methoxy groups -OCH3 is 1. The number of carbonyl (C=O) groups excluding carboxylic acids is 4. The molecule has 0 saturated carbocycles. The summed E-state index contributed by atoms with van der Waals surface area (Å²) in [5.41, 5.74) is -0.605. The normalized spacial score (nSPS) is 26.2. The van der Waals surface area contributed by atoms with Crippen LogP contribution in [0, 0.1) is 17.8 Å². The van der Waals surface area contributed by atoms with Gasteiger partial charge in [0.2, 0.25) is 17.7 Å². The molecule has 3 aliphatic rings. The monoisotopic (exact) mass is 695 g/mol. The number of fused-ring (bicyclic) bond motifs is 1. The number of likely N-dealkylation sites (tertiary alicyclic amines) is 1. The Labute approximate surface area is 297 Å². The maximum atomic E-state index is 14.8. The highest BCUT2D eigenvalue weighted by Crippen LogP contribution is 2.59. The minimum Gasteiger partial charge on any atom is -0.455 e. The van der Waals surface area contributed by atoms with Gasteiger partial charge in [-0.05, 0) is 50.5 Å². The van der Waals surface area contributed by atoms with Gasteiger partial charge in [0, 0.05) is 26.1 Å². The Balaban J connectivity index is 1.74. The number of aliphatic hydroxyl groups is 1. The molecule has 11 heteroatoms. The summed E-state index contributed by atoms with van der Waals surface area (Å²) in [5, 5.41) is 13.6. The van der Waals surface area contributed by atoms with Crippen LogP contribution >= 0.6 is 0 Å². The summed E-state index contributed by atoms with van der Waals surface area (Å²) >= 11 is 0. The molecule has 2 bridgehead atoms. The lowest BCUT2D eigenvalue weighted by molar-refractivity contribution is -0.163. The summed E-state index contributed by atoms with van der Waals surface area (Å²) in [6, 6.07) is 6.61. The fourth-order valence-electron chi connectivity index (χ4n) is 8.33. The van der Waals surface area contributed by atoms with Crippen LogP contribution in [0.2, 0.25) is 0 Å². The highest BCUT2D eigenvalue weighted by Gasteiger charge is 2.75. The van der Waals surface area contributed by atoms with E-state index in [0.29, 0.717) is 37.8 Å². The number of allylic oxidation sites excluding steroid dienone is 1. The van der Waals surface area contributed by atoms with E-state index in [1.54, 1.807) is 17.1 Å². The molecule has 0 aromatic heterocycles. The molecular formula is C39H57N3O8. The molecule has 0 radical (unpaired) electrons. The second-order valence-corrected chi connectivity index (χ2v) is 14.4. The molecule has 1 spiro atoms. The number of amides is 3. The lowest BCUT2D eigenvalue weighted by atomic mass is 9.70. The highest BCUT2D eigenvalue weighted by atomic mass is 16.6. The molecule has 2 N–H and O–H groups in total. The lowest BCUT2D eigenvalue weighted by Crippen LogP contribution is -2.60. The molecule has 3 fully saturated rings. The summed E-state index contributed by atoms with van der Waals surface area (Å²) in [4.78, 5) is 60.2. The summed E-state index contributed by atoms with van der Waals surface area (Å²) in [7, 11) is 1.51. The molecule has 0 aliphatic carbocycles. The third-order valence-electron chi connectivity index (χ3n) is 10.4. The molecule has 4 rings (SSSR count). The van der Waals surface area contributed by atoms with Crippen molar-refractivity contribution in [2.75, 3.05) is 26.9 Å². The van der Waals surface area contributed by atoms with Gasteiger partial charge in [0.1, 0.15) is 17.7 Å². The van der Waals surface area contributed by atoms with Crippen LogP contribution in [0.15, 0.2) is 55.6 Å². The quantitative estimate of drug-likeness (QED) is 0.152. The summed E-state index contributed by atoms with van der Waals surface area (Å²) < 4.78 is 18.5. The molecule has 1 aromatic rings. The molecule has 3 saturated heterocycles. The van der Waals surface area contributed by atoms with Crippen molar-refractivity contribution in [2.45, 2.75) is 115 Å². The molecule has 3 heterocycles. The van der Waals surface area contributed by atoms with Gasteiger partial charge < -0.3 is 34.4 Å². The van der Waals surface area contributed by atoms with E-state index in [9.17, 15) is 24.3 Å². The first kappa shape index (κ1) is 39.2. The molecule has 11 nitrogen and oxygen atoms in total. The van der Waals surface area contributed by atoms with Crippen LogP contribution in [-0.2, 0) is 33.4 Å². The maximum absolute atomic E-state index is 14.8. The van der Waals surface area contributed by atoms with Gasteiger partial charge in [-0.2, -0.15) is 0 Å². The van der Waals surface area contributed by atoms with E-state index in [0.717, 1.165) is 12.8 Å². The molecule has 276 valence electrons. The van der Waals surface area contributed by atoms with Crippen LogP contribution in [0.4, 0.5) is 0 Å². The first-order valence-electron chi connectivity index (χ1n) is 18.2. The molecule has 50 heavy (non-hydrogen) atoms. The van der Waals surface area contributed by atoms with Crippen molar-refractivity contribution in [2.24, 2.45) is 17.8 Å². The van der Waals surface area contributed by atoms with Crippen LogP contribution < -0.4 is 5.32 Å². The van der Waals surface area contributed by atoms with Gasteiger partial charge in [0.25, 0.3) is 0 Å². The van der Waals surface area contributed by atoms with Gasteiger partial charge in [0.15, 0.2) is 0 Å². The Kier molecular flexibility index (Phi) is 13.8. The van der Waals surface area contributed by atoms with Crippen LogP contribution in [0.3, 0.4) is 0 Å². The van der Waals surface area contributed by atoms with Crippen LogP contribution in [0.25, 0.3) is 0 Å². The lowest BCUT2D eigenvalue weighted by Gasteiger charge is -2.41. The number of hydrogen-bond acceptors (Lipinski definition) is 8. The smallest absolute Gasteiger partial charge is 0.313 e. The van der Waals surface area contributed by atoms with Crippen molar-refractivity contribution in [3.05, 3.63) is 61.2 Å². The number of esters is 1. The van der Waals surface area contributed by atoms with E-state index in [1.165, 1.54) is 12.0 Å². The Bertz CT molecular complexity index is 1350. The third kappa shape index (κ3) is 8.00. The average molecular weight is 696 g/mol. The molecule has 1 aromatic carbocycles. The number of nitrogens with zero attached hydrogens (tertiary/aromatic N) is 2. The Hall–Kier alpha value is -3.54. The first-order chi connectivity index (χ1) is 24.0. The number of aliphatic hydroxyl groups excluding tert-OH is 1. The van der Waals surface area contributed by atoms with Crippen LogP contribution in [0.1, 0.15) is 84.3 Å². The van der Waals surface area contributed by atoms with Crippen molar-refractivity contribution >= 4 is 23.7 Å². The van der Waals surface area contributed by atoms with Gasteiger partial charge in [-0.3, -0.25) is 19.2 Å². The van der Waals surface area contributed by atoms with Gasteiger partial charge >= 0.3 is 5.97 Å². The van der Waals surface area contributed by atoms with Crippen LogP contribution in [-0.4, -0.2) is 101 Å². The van der Waals surface area contributed by atoms with Gasteiger partial charge in [-0.15, -0.1) is 13.2 Å². The maximum Gasteiger partial charge on any atom is 0.313 e. The number of benzene rings is 1. The van der Waals surface area contributed by atoms with E-state index in [-0.39, 0.29) is 49.3 Å². The number of hydrogen-bond donors (Lipinski definition) is 2. The second-order valence-electron chi connectivity index (χ2n) is 14.4. The van der Waals surface area contributed by atoms with Crippen LogP contribution in [0.5, 0.6) is 0 Å². The number of rotatable bonds is 20. The Morgan fingerprint density at radius 1 is 1.18 bits per heavy atom. The fourth-order valence-corrected chi connectivity index (χ4v) is 8.33. The Morgan fingerprint density at radius 2 is 1.90 bits per heavy atom. The van der Waals surface area contributed by atoms with E-state index < -0.39 is 53.7 Å². The predicted octanol–water partition coefficient (Wildman–Crippen LogP) is 4.35. The summed E-state index contributed by atoms with van der Waals surface area (Å²) in [5.74, 6) is -3.35. The molecule has 1 unspecified atom stereocenters. The van der Waals surface area contributed by atoms with E-state index >= 15 is 0 Å². The van der Waals surface area contributed by atoms with Crippen molar-refractivity contribution in [3.8, 4) is 0 Å². The zero-order valence-electron chi connectivity index (χ0n) is 30.4. The molecule has 3 aliphatic heterocycles. The first-order valence-corrected chi connectivity index (χ1v) is 18.2. The minimum absolute atomic E-state index is 0.0659. The number of ether oxygens (including phenoxy) is 3. The highest BCUT2D eigenvalue weighted by molar-refractivity contribution is 5.98. The standard InChI is InChI=1S/C39H57N3O8/c1-8-11-18-31(44)40-29(24-48-7)34(27-16-13-12-14-17-27)49-38(47)32-30-19-20-39(50-30)33(32)36(45)42(28(23-43)22-25(4)5)35(39)37(46)41(21-10-3)26(6)15-9-2/h8,10,12-14,16-17,25-26,28-30,32-35,43H,1,3,9,11,15,18-24H2,2,4-7H3,(H,40,44)/t26?,28-,29-,30-,32+,33+,34-,35-,39+/m1/s1. The Morgan fingerprint density at radius 3 is 2.50 bits per heavy atom. The van der Waals surface area contributed by atoms with Gasteiger partial charge in [0.05, 0.1) is 43.2 Å². The van der Waals surface area contributed by atoms with E-state index in [2.05, 4.69) is 25.4 Å². The third-order valence-corrected chi connectivity index (χ3v) is 10.4. The molecule has 3 amide bonds. The zero-order valence-corrected chi connectivity index (χ0v) is 30.4. The molecular weight excluding hydrogens is 638 g/mol. The van der Waals surface area contributed by atoms with Crippen molar-refractivity contribution in [1.29, 1.82) is 0 Å². The number of nitrogens with one attached hydrogen (secondary N) is 1. The molecule has 9 atom stereocenters. The SMILES string of the molecule is C=CCCC(=O)N[C@H](COC)[C@H](OC(=O)[C@@H]1[C@H]2C(=O)N([C@@H](CO)CC(C)C)[C@H](C(=O)N(CC=C)C(C)CCC)[C@]23CC[C@H]1O3)c1ccccc1. The summed E-state index contributed by atoms with van der Waals surface area (Å²) in [6.07, 6.45) is 5.46. The minimum atomic E-state index is -1.26. The summed E-state index contributed by atoms with van der Waals surface area (Å²) in [6.45, 7) is 15.7. The van der Waals surface area contributed by atoms with Crippen molar-refractivity contribution in [1.82, 2.24) is 15.1 Å². The predicted molar refractivity (Wildman–Crippen MR) is 190 cm³/mol. The largest absolute Gasteiger partial charge is 0.455 e. The van der Waals surface area contributed by atoms with Crippen molar-refractivity contribution < 1.29 is 38.5 Å². The zero-order chi connectivity index (χ0) is 36.6. The number of carbonyl (C=O) groups is 4. The van der Waals surface area contributed by atoms with Gasteiger partial charge in [-0.25, -0.2) is 0 Å². The van der Waals surface area contributed by atoms with E-state index in [1.807, 2.05) is 51.1 Å². The average Bonchev–Trinajstić information content (AvgIpc) is 3.74. The van der Waals surface area contributed by atoms with Gasteiger partial charge in [-0.1, -0.05) is 69.7 Å². The fraction of sp³-hybridized carbons (Fsp3) is 0.641. The van der Waals surface area contributed by atoms with E-state index in [4.69, 9.17) is 14.2 Å².